The zero-order chi connectivity index (χ0) is 19.3. The molecule has 2 aromatic carbocycles. The first-order valence-corrected chi connectivity index (χ1v) is 9.76. The number of para-hydroxylation sites is 2. The standard InChI is InChI=1S/C17H18ClN3O4S/c1-12(13-7-3-6-10-16(13)22)19-20-17(23)11-21(26(2,24)25)15-9-5-4-8-14(15)18/h3-10,22H,11H2,1-2H3,(H,20,23)/b19-12+. The van der Waals surface area contributed by atoms with Gasteiger partial charge in [0.05, 0.1) is 22.7 Å². The number of halogens is 1. The smallest absolute Gasteiger partial charge is 0.260 e. The van der Waals surface area contributed by atoms with E-state index in [4.69, 9.17) is 11.6 Å². The topological polar surface area (TPSA) is 99.1 Å². The molecule has 0 bridgehead atoms. The van der Waals surface area contributed by atoms with E-state index in [-0.39, 0.29) is 16.5 Å². The van der Waals surface area contributed by atoms with Gasteiger partial charge in [0, 0.05) is 5.56 Å². The molecule has 7 nitrogen and oxygen atoms in total. The van der Waals surface area contributed by atoms with Crippen molar-refractivity contribution in [1.82, 2.24) is 5.43 Å². The number of aromatic hydroxyl groups is 1. The molecule has 0 fully saturated rings. The van der Waals surface area contributed by atoms with Crippen molar-refractivity contribution in [2.75, 3.05) is 17.1 Å². The Hall–Kier alpha value is -2.58. The molecular formula is C17H18ClN3O4S. The SMILES string of the molecule is C/C(=N\NC(=O)CN(c1ccccc1Cl)S(C)(=O)=O)c1ccccc1O. The molecule has 26 heavy (non-hydrogen) atoms. The lowest BCUT2D eigenvalue weighted by Crippen LogP contribution is -2.39. The summed E-state index contributed by atoms with van der Waals surface area (Å²) in [4.78, 5) is 12.2. The molecule has 0 aliphatic rings. The molecule has 0 aliphatic heterocycles. The molecule has 0 saturated heterocycles. The number of anilines is 1. The van der Waals surface area contributed by atoms with Crippen LogP contribution in [-0.4, -0.2) is 37.9 Å². The Labute approximate surface area is 157 Å². The summed E-state index contributed by atoms with van der Waals surface area (Å²) in [5.41, 5.74) is 3.32. The van der Waals surface area contributed by atoms with E-state index in [1.165, 1.54) is 18.2 Å². The van der Waals surface area contributed by atoms with Crippen LogP contribution >= 0.6 is 11.6 Å². The molecule has 0 aromatic heterocycles. The van der Waals surface area contributed by atoms with Crippen LogP contribution in [0.5, 0.6) is 5.75 Å². The van der Waals surface area contributed by atoms with Gasteiger partial charge in [0.1, 0.15) is 12.3 Å². The van der Waals surface area contributed by atoms with Gasteiger partial charge in [-0.1, -0.05) is 35.9 Å². The predicted molar refractivity (Wildman–Crippen MR) is 102 cm³/mol. The number of phenolic OH excluding ortho intramolecular Hbond substituents is 1. The van der Waals surface area contributed by atoms with Crippen molar-refractivity contribution in [3.63, 3.8) is 0 Å². The third-order valence-electron chi connectivity index (χ3n) is 3.45. The molecule has 0 unspecified atom stereocenters. The maximum absolute atomic E-state index is 12.2. The van der Waals surface area contributed by atoms with E-state index in [1.807, 2.05) is 0 Å². The molecule has 9 heteroatoms. The number of hydrazone groups is 1. The van der Waals surface area contributed by atoms with Gasteiger partial charge in [-0.15, -0.1) is 0 Å². The third kappa shape index (κ3) is 4.96. The molecule has 2 N–H and O–H groups in total. The van der Waals surface area contributed by atoms with Crippen LogP contribution in [0.1, 0.15) is 12.5 Å². The van der Waals surface area contributed by atoms with Gasteiger partial charge in [0.2, 0.25) is 10.0 Å². The largest absolute Gasteiger partial charge is 0.507 e. The van der Waals surface area contributed by atoms with Gasteiger partial charge < -0.3 is 5.11 Å². The lowest BCUT2D eigenvalue weighted by molar-refractivity contribution is -0.119. The fourth-order valence-corrected chi connectivity index (χ4v) is 3.34. The molecule has 0 radical (unpaired) electrons. The number of carbonyl (C=O) groups is 1. The summed E-state index contributed by atoms with van der Waals surface area (Å²) < 4.78 is 25.0. The van der Waals surface area contributed by atoms with E-state index in [0.717, 1.165) is 10.6 Å². The number of amides is 1. The van der Waals surface area contributed by atoms with Gasteiger partial charge in [-0.25, -0.2) is 13.8 Å². The summed E-state index contributed by atoms with van der Waals surface area (Å²) in [6, 6.07) is 12.9. The minimum Gasteiger partial charge on any atom is -0.507 e. The van der Waals surface area contributed by atoms with Crippen LogP contribution in [-0.2, 0) is 14.8 Å². The second-order valence-electron chi connectivity index (χ2n) is 5.47. The van der Waals surface area contributed by atoms with Crippen LogP contribution in [0, 0.1) is 0 Å². The highest BCUT2D eigenvalue weighted by molar-refractivity contribution is 7.92. The van der Waals surface area contributed by atoms with E-state index >= 15 is 0 Å². The first kappa shape index (κ1) is 19.7. The summed E-state index contributed by atoms with van der Waals surface area (Å²) in [6.07, 6.45) is 0.986. The first-order chi connectivity index (χ1) is 12.2. The Morgan fingerprint density at radius 3 is 2.42 bits per heavy atom. The first-order valence-electron chi connectivity index (χ1n) is 7.54. The van der Waals surface area contributed by atoms with Crippen LogP contribution in [0.2, 0.25) is 5.02 Å². The van der Waals surface area contributed by atoms with Crippen LogP contribution < -0.4 is 9.73 Å². The second kappa shape index (κ2) is 8.20. The minimum atomic E-state index is -3.73. The monoisotopic (exact) mass is 395 g/mol. The summed E-state index contributed by atoms with van der Waals surface area (Å²) in [5.74, 6) is -0.623. The van der Waals surface area contributed by atoms with Crippen molar-refractivity contribution >= 4 is 38.9 Å². The number of nitrogens with one attached hydrogen (secondary N) is 1. The second-order valence-corrected chi connectivity index (χ2v) is 7.78. The molecule has 0 aliphatic carbocycles. The zero-order valence-electron chi connectivity index (χ0n) is 14.2. The Bertz CT molecular complexity index is 945. The number of sulfonamides is 1. The highest BCUT2D eigenvalue weighted by atomic mass is 35.5. The highest BCUT2D eigenvalue weighted by Gasteiger charge is 2.22. The number of nitrogens with zero attached hydrogens (tertiary/aromatic N) is 2. The zero-order valence-corrected chi connectivity index (χ0v) is 15.8. The Morgan fingerprint density at radius 2 is 1.81 bits per heavy atom. The average Bonchev–Trinajstić information content (AvgIpc) is 2.58. The molecule has 2 rings (SSSR count). The Morgan fingerprint density at radius 1 is 1.19 bits per heavy atom. The average molecular weight is 396 g/mol. The molecule has 0 heterocycles. The Balaban J connectivity index is 2.17. The van der Waals surface area contributed by atoms with Crippen molar-refractivity contribution in [2.45, 2.75) is 6.92 Å². The maximum atomic E-state index is 12.2. The fraction of sp³-hybridized carbons (Fsp3) is 0.176. The van der Waals surface area contributed by atoms with Gasteiger partial charge in [-0.05, 0) is 31.2 Å². The highest BCUT2D eigenvalue weighted by Crippen LogP contribution is 2.26. The van der Waals surface area contributed by atoms with Crippen molar-refractivity contribution in [1.29, 1.82) is 0 Å². The van der Waals surface area contributed by atoms with Crippen molar-refractivity contribution in [2.24, 2.45) is 5.10 Å². The van der Waals surface area contributed by atoms with Crippen LogP contribution in [0.25, 0.3) is 0 Å². The molecule has 0 atom stereocenters. The van der Waals surface area contributed by atoms with Gasteiger partial charge in [-0.3, -0.25) is 9.10 Å². The number of hydrogen-bond acceptors (Lipinski definition) is 5. The van der Waals surface area contributed by atoms with Crippen LogP contribution in [0.15, 0.2) is 53.6 Å². The molecule has 2 aromatic rings. The van der Waals surface area contributed by atoms with E-state index in [1.54, 1.807) is 37.3 Å². The van der Waals surface area contributed by atoms with E-state index in [0.29, 0.717) is 11.3 Å². The number of phenols is 1. The van der Waals surface area contributed by atoms with Gasteiger partial charge in [0.15, 0.2) is 0 Å². The lowest BCUT2D eigenvalue weighted by atomic mass is 10.1. The van der Waals surface area contributed by atoms with Gasteiger partial charge in [-0.2, -0.15) is 5.10 Å². The molecular weight excluding hydrogens is 378 g/mol. The molecule has 138 valence electrons. The van der Waals surface area contributed by atoms with Gasteiger partial charge >= 0.3 is 0 Å². The van der Waals surface area contributed by atoms with Crippen LogP contribution in [0.4, 0.5) is 5.69 Å². The lowest BCUT2D eigenvalue weighted by Gasteiger charge is -2.22. The van der Waals surface area contributed by atoms with E-state index in [9.17, 15) is 18.3 Å². The van der Waals surface area contributed by atoms with E-state index < -0.39 is 22.5 Å². The number of carbonyl (C=O) groups excluding carboxylic acids is 1. The van der Waals surface area contributed by atoms with Crippen molar-refractivity contribution in [3.05, 3.63) is 59.1 Å². The van der Waals surface area contributed by atoms with E-state index in [2.05, 4.69) is 10.5 Å². The maximum Gasteiger partial charge on any atom is 0.260 e. The van der Waals surface area contributed by atoms with Crippen molar-refractivity contribution < 1.29 is 18.3 Å². The summed E-state index contributed by atoms with van der Waals surface area (Å²) in [7, 11) is -3.73. The van der Waals surface area contributed by atoms with Crippen molar-refractivity contribution in [3.8, 4) is 5.75 Å². The van der Waals surface area contributed by atoms with Gasteiger partial charge in [0.25, 0.3) is 5.91 Å². The number of benzene rings is 2. The predicted octanol–water partition coefficient (Wildman–Crippen LogP) is 2.35. The normalized spacial score (nSPS) is 11.9. The molecule has 1 amide bonds. The summed E-state index contributed by atoms with van der Waals surface area (Å²) in [6.45, 7) is 1.12. The fourth-order valence-electron chi connectivity index (χ4n) is 2.19. The molecule has 0 spiro atoms. The summed E-state index contributed by atoms with van der Waals surface area (Å²) >= 11 is 6.04. The number of rotatable bonds is 6. The number of hydrogen-bond donors (Lipinski definition) is 2. The van der Waals surface area contributed by atoms with Crippen LogP contribution in [0.3, 0.4) is 0 Å². The molecule has 0 saturated carbocycles. The Kier molecular flexibility index (Phi) is 6.23. The minimum absolute atomic E-state index is 0.0248. The third-order valence-corrected chi connectivity index (χ3v) is 4.90. The summed E-state index contributed by atoms with van der Waals surface area (Å²) in [5, 5.41) is 13.9. The quantitative estimate of drug-likeness (QED) is 0.579.